The lowest BCUT2D eigenvalue weighted by molar-refractivity contribution is 0.0642. The van der Waals surface area contributed by atoms with Gasteiger partial charge in [-0.05, 0) is 6.92 Å². The van der Waals surface area contributed by atoms with Crippen LogP contribution >= 0.6 is 0 Å². The highest BCUT2D eigenvalue weighted by molar-refractivity contribution is 5.37. The van der Waals surface area contributed by atoms with Gasteiger partial charge in [-0.2, -0.15) is 4.98 Å². The van der Waals surface area contributed by atoms with Crippen LogP contribution in [-0.4, -0.2) is 50.6 Å². The predicted molar refractivity (Wildman–Crippen MR) is 69.1 cm³/mol. The van der Waals surface area contributed by atoms with Crippen molar-refractivity contribution in [2.45, 2.75) is 13.3 Å². The standard InChI is InChI=1S/C12H21N3O3/c1-10-14-11(13-2)9-12(15-10)18-6-4-5-17-8-7-16-3/h9H,4-8H2,1-3H3,(H,13,14,15). The summed E-state index contributed by atoms with van der Waals surface area (Å²) >= 11 is 0. The summed E-state index contributed by atoms with van der Waals surface area (Å²) < 4.78 is 15.7. The number of nitrogens with zero attached hydrogens (tertiary/aromatic N) is 2. The molecule has 0 amide bonds. The van der Waals surface area contributed by atoms with Gasteiger partial charge in [0.2, 0.25) is 5.88 Å². The second-order valence-corrected chi connectivity index (χ2v) is 3.70. The Kier molecular flexibility index (Phi) is 7.05. The second kappa shape index (κ2) is 8.66. The topological polar surface area (TPSA) is 65.5 Å². The van der Waals surface area contributed by atoms with Crippen molar-refractivity contribution >= 4 is 5.82 Å². The summed E-state index contributed by atoms with van der Waals surface area (Å²) in [5.74, 6) is 2.03. The average Bonchev–Trinajstić information content (AvgIpc) is 2.37. The quantitative estimate of drug-likeness (QED) is 0.670. The number of aryl methyl sites for hydroxylation is 1. The number of nitrogens with one attached hydrogen (secondary N) is 1. The molecule has 0 aliphatic carbocycles. The summed E-state index contributed by atoms with van der Waals surface area (Å²) in [6.07, 6.45) is 0.821. The van der Waals surface area contributed by atoms with Crippen molar-refractivity contribution in [3.8, 4) is 5.88 Å². The van der Waals surface area contributed by atoms with E-state index in [2.05, 4.69) is 15.3 Å². The minimum Gasteiger partial charge on any atom is -0.477 e. The molecule has 1 aromatic rings. The van der Waals surface area contributed by atoms with E-state index in [1.165, 1.54) is 0 Å². The summed E-state index contributed by atoms with van der Waals surface area (Å²) in [7, 11) is 3.47. The van der Waals surface area contributed by atoms with Crippen molar-refractivity contribution < 1.29 is 14.2 Å². The van der Waals surface area contributed by atoms with Crippen molar-refractivity contribution in [3.63, 3.8) is 0 Å². The summed E-state index contributed by atoms with van der Waals surface area (Å²) in [6, 6.07) is 1.78. The Hall–Kier alpha value is -1.40. The minimum absolute atomic E-state index is 0.576. The number of methoxy groups -OCH3 is 1. The van der Waals surface area contributed by atoms with E-state index in [-0.39, 0.29) is 0 Å². The Morgan fingerprint density at radius 3 is 2.72 bits per heavy atom. The zero-order chi connectivity index (χ0) is 13.2. The smallest absolute Gasteiger partial charge is 0.218 e. The molecule has 18 heavy (non-hydrogen) atoms. The van der Waals surface area contributed by atoms with Gasteiger partial charge in [0.1, 0.15) is 11.6 Å². The minimum atomic E-state index is 0.576. The number of aromatic nitrogens is 2. The van der Waals surface area contributed by atoms with E-state index >= 15 is 0 Å². The van der Waals surface area contributed by atoms with Gasteiger partial charge in [-0.15, -0.1) is 0 Å². The molecule has 0 aliphatic rings. The molecule has 1 aromatic heterocycles. The highest BCUT2D eigenvalue weighted by Gasteiger charge is 2.01. The first-order valence-corrected chi connectivity index (χ1v) is 5.99. The van der Waals surface area contributed by atoms with Gasteiger partial charge in [0.25, 0.3) is 0 Å². The molecule has 0 unspecified atom stereocenters. The number of hydrogen-bond acceptors (Lipinski definition) is 6. The largest absolute Gasteiger partial charge is 0.477 e. The van der Waals surface area contributed by atoms with E-state index in [4.69, 9.17) is 14.2 Å². The fraction of sp³-hybridized carbons (Fsp3) is 0.667. The van der Waals surface area contributed by atoms with E-state index in [0.717, 1.165) is 12.2 Å². The number of rotatable bonds is 9. The molecule has 0 aromatic carbocycles. The molecule has 6 heteroatoms. The Morgan fingerprint density at radius 2 is 2.00 bits per heavy atom. The molecule has 0 bridgehead atoms. The normalized spacial score (nSPS) is 10.4. The van der Waals surface area contributed by atoms with Crippen LogP contribution < -0.4 is 10.1 Å². The van der Waals surface area contributed by atoms with Gasteiger partial charge in [0, 0.05) is 33.3 Å². The lowest BCUT2D eigenvalue weighted by Crippen LogP contribution is -2.08. The SMILES string of the molecule is CNc1cc(OCCCOCCOC)nc(C)n1. The van der Waals surface area contributed by atoms with Crippen LogP contribution in [0.1, 0.15) is 12.2 Å². The predicted octanol–water partition coefficient (Wildman–Crippen LogP) is 1.26. The van der Waals surface area contributed by atoms with Gasteiger partial charge in [-0.25, -0.2) is 4.98 Å². The average molecular weight is 255 g/mol. The summed E-state index contributed by atoms with van der Waals surface area (Å²) in [6.45, 7) is 4.31. The van der Waals surface area contributed by atoms with Crippen LogP contribution in [0.25, 0.3) is 0 Å². The van der Waals surface area contributed by atoms with Crippen LogP contribution in [-0.2, 0) is 9.47 Å². The molecule has 102 valence electrons. The molecule has 0 radical (unpaired) electrons. The Morgan fingerprint density at radius 1 is 1.17 bits per heavy atom. The Balaban J connectivity index is 2.20. The fourth-order valence-electron chi connectivity index (χ4n) is 1.32. The summed E-state index contributed by atoms with van der Waals surface area (Å²) in [5.41, 5.74) is 0. The van der Waals surface area contributed by atoms with E-state index in [1.54, 1.807) is 13.2 Å². The summed E-state index contributed by atoms with van der Waals surface area (Å²) in [5, 5.41) is 2.96. The van der Waals surface area contributed by atoms with Gasteiger partial charge >= 0.3 is 0 Å². The highest BCUT2D eigenvalue weighted by Crippen LogP contribution is 2.12. The van der Waals surface area contributed by atoms with Crippen molar-refractivity contribution in [2.24, 2.45) is 0 Å². The van der Waals surface area contributed by atoms with Crippen molar-refractivity contribution in [2.75, 3.05) is 45.9 Å². The number of ether oxygens (including phenoxy) is 3. The van der Waals surface area contributed by atoms with E-state index < -0.39 is 0 Å². The van der Waals surface area contributed by atoms with Crippen LogP contribution in [0.2, 0.25) is 0 Å². The van der Waals surface area contributed by atoms with Crippen LogP contribution in [0.5, 0.6) is 5.88 Å². The van der Waals surface area contributed by atoms with E-state index in [1.807, 2.05) is 14.0 Å². The van der Waals surface area contributed by atoms with Gasteiger partial charge in [0.05, 0.1) is 19.8 Å². The zero-order valence-electron chi connectivity index (χ0n) is 11.2. The summed E-state index contributed by atoms with van der Waals surface area (Å²) in [4.78, 5) is 8.38. The lowest BCUT2D eigenvalue weighted by atomic mass is 10.5. The lowest BCUT2D eigenvalue weighted by Gasteiger charge is -2.08. The molecular weight excluding hydrogens is 234 g/mol. The van der Waals surface area contributed by atoms with Crippen LogP contribution in [0.4, 0.5) is 5.82 Å². The maximum atomic E-state index is 5.53. The molecule has 0 saturated heterocycles. The van der Waals surface area contributed by atoms with Crippen LogP contribution in [0.3, 0.4) is 0 Å². The maximum absolute atomic E-state index is 5.53. The van der Waals surface area contributed by atoms with Crippen LogP contribution in [0, 0.1) is 6.92 Å². The highest BCUT2D eigenvalue weighted by atomic mass is 16.5. The third kappa shape index (κ3) is 5.79. The molecule has 0 spiro atoms. The fourth-order valence-corrected chi connectivity index (χ4v) is 1.32. The number of hydrogen-bond donors (Lipinski definition) is 1. The Bertz CT molecular complexity index is 347. The monoisotopic (exact) mass is 255 g/mol. The first-order chi connectivity index (χ1) is 8.76. The molecule has 0 saturated carbocycles. The molecule has 1 heterocycles. The van der Waals surface area contributed by atoms with Crippen molar-refractivity contribution in [3.05, 3.63) is 11.9 Å². The van der Waals surface area contributed by atoms with Gasteiger partial charge in [0.15, 0.2) is 0 Å². The van der Waals surface area contributed by atoms with E-state index in [9.17, 15) is 0 Å². The second-order valence-electron chi connectivity index (χ2n) is 3.70. The Labute approximate surface area is 108 Å². The van der Waals surface area contributed by atoms with Crippen molar-refractivity contribution in [1.29, 1.82) is 0 Å². The third-order valence-corrected chi connectivity index (χ3v) is 2.19. The first-order valence-electron chi connectivity index (χ1n) is 5.99. The third-order valence-electron chi connectivity index (χ3n) is 2.19. The first kappa shape index (κ1) is 14.7. The molecule has 0 fully saturated rings. The van der Waals surface area contributed by atoms with E-state index in [0.29, 0.717) is 38.1 Å². The van der Waals surface area contributed by atoms with Crippen molar-refractivity contribution in [1.82, 2.24) is 9.97 Å². The molecule has 6 nitrogen and oxygen atoms in total. The molecule has 0 atom stereocenters. The van der Waals surface area contributed by atoms with Gasteiger partial charge in [-0.1, -0.05) is 0 Å². The molecule has 0 aliphatic heterocycles. The molecule has 1 rings (SSSR count). The van der Waals surface area contributed by atoms with Gasteiger partial charge in [-0.3, -0.25) is 0 Å². The van der Waals surface area contributed by atoms with Gasteiger partial charge < -0.3 is 19.5 Å². The molecule has 1 N–H and O–H groups in total. The maximum Gasteiger partial charge on any atom is 0.218 e. The molecular formula is C12H21N3O3. The number of anilines is 1. The van der Waals surface area contributed by atoms with Crippen LogP contribution in [0.15, 0.2) is 6.07 Å². The zero-order valence-corrected chi connectivity index (χ0v) is 11.2.